The summed E-state index contributed by atoms with van der Waals surface area (Å²) in [6, 6.07) is 1.81. The van der Waals surface area contributed by atoms with Crippen LogP contribution in [0.4, 0.5) is 10.9 Å². The molecule has 1 fully saturated rings. The first kappa shape index (κ1) is 19.5. The van der Waals surface area contributed by atoms with Crippen molar-refractivity contribution in [2.24, 2.45) is 5.92 Å². The number of nitrogens with one attached hydrogen (secondary N) is 1. The van der Waals surface area contributed by atoms with Crippen molar-refractivity contribution in [1.82, 2.24) is 29.7 Å². The number of aromatic nitrogens is 6. The van der Waals surface area contributed by atoms with Gasteiger partial charge in [-0.3, -0.25) is 9.59 Å². The van der Waals surface area contributed by atoms with E-state index in [2.05, 4.69) is 30.4 Å². The Kier molecular flexibility index (Phi) is 5.06. The highest BCUT2D eigenvalue weighted by molar-refractivity contribution is 7.16. The van der Waals surface area contributed by atoms with Crippen LogP contribution in [0.5, 0.6) is 0 Å². The Balaban J connectivity index is 1.19. The number of thiazole rings is 1. The van der Waals surface area contributed by atoms with Gasteiger partial charge in [0.2, 0.25) is 5.91 Å². The van der Waals surface area contributed by atoms with Crippen LogP contribution in [0.2, 0.25) is 0 Å². The summed E-state index contributed by atoms with van der Waals surface area (Å²) in [5, 5.41) is 7.51. The third-order valence-corrected chi connectivity index (χ3v) is 6.43. The highest BCUT2D eigenvalue weighted by Crippen LogP contribution is 2.39. The van der Waals surface area contributed by atoms with Gasteiger partial charge < -0.3 is 15.0 Å². The number of carbonyl (C=O) groups is 2. The summed E-state index contributed by atoms with van der Waals surface area (Å²) in [5.74, 6) is 0.535. The van der Waals surface area contributed by atoms with Gasteiger partial charge in [-0.05, 0) is 19.8 Å². The number of rotatable bonds is 6. The third kappa shape index (κ3) is 3.74. The normalized spacial score (nSPS) is 17.8. The van der Waals surface area contributed by atoms with Crippen LogP contribution in [-0.4, -0.2) is 61.3 Å². The molecule has 3 aromatic heterocycles. The first-order valence-electron chi connectivity index (χ1n) is 10.0. The number of hydrogen-bond acceptors (Lipinski definition) is 10. The van der Waals surface area contributed by atoms with Crippen LogP contribution in [0, 0.1) is 5.92 Å². The molecule has 1 N–H and O–H groups in total. The predicted molar refractivity (Wildman–Crippen MR) is 111 cm³/mol. The second-order valence-electron chi connectivity index (χ2n) is 7.34. The number of amides is 1. The number of fused-ring (bicyclic) bond motifs is 1. The van der Waals surface area contributed by atoms with Gasteiger partial charge in [-0.1, -0.05) is 0 Å². The largest absolute Gasteiger partial charge is 0.465 e. The van der Waals surface area contributed by atoms with Gasteiger partial charge in [-0.2, -0.15) is 5.10 Å². The first-order chi connectivity index (χ1) is 15.1. The van der Waals surface area contributed by atoms with Crippen LogP contribution in [0.25, 0.3) is 5.82 Å². The smallest absolute Gasteiger partial charge is 0.315 e. The Morgan fingerprint density at radius 1 is 1.26 bits per heavy atom. The second kappa shape index (κ2) is 8.02. The molecule has 160 valence electrons. The van der Waals surface area contributed by atoms with Crippen molar-refractivity contribution in [3.05, 3.63) is 35.6 Å². The minimum Gasteiger partial charge on any atom is -0.465 e. The van der Waals surface area contributed by atoms with E-state index in [-0.39, 0.29) is 23.7 Å². The Bertz CT molecular complexity index is 1110. The monoisotopic (exact) mass is 440 g/mol. The van der Waals surface area contributed by atoms with Gasteiger partial charge in [-0.15, -0.1) is 11.3 Å². The maximum absolute atomic E-state index is 12.7. The van der Waals surface area contributed by atoms with E-state index in [0.717, 1.165) is 22.8 Å². The summed E-state index contributed by atoms with van der Waals surface area (Å²) >= 11 is 1.44. The molecule has 0 radical (unpaired) electrons. The minimum absolute atomic E-state index is 0.0816. The van der Waals surface area contributed by atoms with Crippen molar-refractivity contribution in [3.63, 3.8) is 0 Å². The molecule has 1 amide bonds. The van der Waals surface area contributed by atoms with Crippen molar-refractivity contribution in [1.29, 1.82) is 0 Å². The molecule has 1 aliphatic heterocycles. The predicted octanol–water partition coefficient (Wildman–Crippen LogP) is 1.18. The Morgan fingerprint density at radius 2 is 2.10 bits per heavy atom. The van der Waals surface area contributed by atoms with E-state index in [0.29, 0.717) is 37.1 Å². The van der Waals surface area contributed by atoms with E-state index in [9.17, 15) is 9.59 Å². The zero-order valence-corrected chi connectivity index (χ0v) is 17.6. The molecule has 1 aliphatic carbocycles. The molecule has 0 bridgehead atoms. The average Bonchev–Trinajstić information content (AvgIpc) is 3.44. The van der Waals surface area contributed by atoms with Gasteiger partial charge in [0.25, 0.3) is 0 Å². The number of ether oxygens (including phenoxy) is 1. The molecule has 31 heavy (non-hydrogen) atoms. The highest BCUT2D eigenvalue weighted by atomic mass is 32.1. The molecule has 4 heterocycles. The number of nitrogens with zero attached hydrogens (tertiary/aromatic N) is 7. The number of hydrogen-bond donors (Lipinski definition) is 1. The summed E-state index contributed by atoms with van der Waals surface area (Å²) in [4.78, 5) is 44.7. The lowest BCUT2D eigenvalue weighted by atomic mass is 9.99. The van der Waals surface area contributed by atoms with Crippen molar-refractivity contribution in [3.8, 4) is 5.82 Å². The van der Waals surface area contributed by atoms with Crippen molar-refractivity contribution in [2.45, 2.75) is 25.7 Å². The molecule has 1 unspecified atom stereocenters. The molecule has 1 atom stereocenters. The van der Waals surface area contributed by atoms with Crippen molar-refractivity contribution >= 4 is 34.2 Å². The van der Waals surface area contributed by atoms with E-state index in [1.54, 1.807) is 17.9 Å². The van der Waals surface area contributed by atoms with Gasteiger partial charge in [0.05, 0.1) is 18.2 Å². The van der Waals surface area contributed by atoms with Gasteiger partial charge in [0.1, 0.15) is 30.7 Å². The quantitative estimate of drug-likeness (QED) is 0.562. The summed E-state index contributed by atoms with van der Waals surface area (Å²) in [7, 11) is 0. The Morgan fingerprint density at radius 3 is 2.87 bits per heavy atom. The van der Waals surface area contributed by atoms with Crippen LogP contribution in [0.3, 0.4) is 0 Å². The first-order valence-corrected chi connectivity index (χ1v) is 10.8. The standard InChI is InChI=1S/C19H20N8O3S/c1-2-30-18(29)12-3-4-13-16(12)24-19(31-13)25-17(28)11-6-26(7-11)14-5-15(22-9-21-14)27-10-20-8-23-27/h5,8-12H,2-4,6-7H2,1H3,(H,24,25,28). The van der Waals surface area contributed by atoms with E-state index in [4.69, 9.17) is 4.74 Å². The molecule has 2 aliphatic rings. The molecular formula is C19H20N8O3S. The fourth-order valence-electron chi connectivity index (χ4n) is 3.75. The number of anilines is 2. The van der Waals surface area contributed by atoms with Crippen LogP contribution in [-0.2, 0) is 20.7 Å². The SMILES string of the molecule is CCOC(=O)C1CCc2sc(NC(=O)C3CN(c4cc(-n5cncn5)ncn4)C3)nc21. The van der Waals surface area contributed by atoms with Crippen LogP contribution >= 0.6 is 11.3 Å². The maximum atomic E-state index is 12.7. The van der Waals surface area contributed by atoms with Gasteiger partial charge in [0.15, 0.2) is 10.9 Å². The maximum Gasteiger partial charge on any atom is 0.315 e. The number of carbonyl (C=O) groups excluding carboxylic acids is 2. The summed E-state index contributed by atoms with van der Waals surface area (Å²) < 4.78 is 6.69. The number of aryl methyl sites for hydroxylation is 1. The van der Waals surface area contributed by atoms with E-state index >= 15 is 0 Å². The van der Waals surface area contributed by atoms with Crippen molar-refractivity contribution < 1.29 is 14.3 Å². The summed E-state index contributed by atoms with van der Waals surface area (Å²) in [6.07, 6.45) is 5.97. The molecule has 5 rings (SSSR count). The Hall–Kier alpha value is -3.41. The van der Waals surface area contributed by atoms with Gasteiger partial charge in [-0.25, -0.2) is 24.6 Å². The average molecular weight is 440 g/mol. The molecule has 0 aromatic carbocycles. The molecule has 0 saturated carbocycles. The fraction of sp³-hybridized carbons (Fsp3) is 0.421. The molecular weight excluding hydrogens is 420 g/mol. The topological polar surface area (TPSA) is 128 Å². The van der Waals surface area contributed by atoms with Crippen LogP contribution < -0.4 is 10.2 Å². The zero-order chi connectivity index (χ0) is 21.4. The molecule has 1 saturated heterocycles. The fourth-order valence-corrected chi connectivity index (χ4v) is 4.80. The summed E-state index contributed by atoms with van der Waals surface area (Å²) in [6.45, 7) is 3.24. The van der Waals surface area contributed by atoms with Crippen LogP contribution in [0.1, 0.15) is 29.8 Å². The molecule has 3 aromatic rings. The lowest BCUT2D eigenvalue weighted by Gasteiger charge is -2.38. The highest BCUT2D eigenvalue weighted by Gasteiger charge is 2.36. The van der Waals surface area contributed by atoms with E-state index < -0.39 is 0 Å². The van der Waals surface area contributed by atoms with Gasteiger partial charge in [0, 0.05) is 24.0 Å². The number of esters is 1. The van der Waals surface area contributed by atoms with Gasteiger partial charge >= 0.3 is 5.97 Å². The third-order valence-electron chi connectivity index (χ3n) is 5.39. The summed E-state index contributed by atoms with van der Waals surface area (Å²) in [5.41, 5.74) is 0.746. The molecule has 12 heteroatoms. The zero-order valence-electron chi connectivity index (χ0n) is 16.8. The molecule has 11 nitrogen and oxygen atoms in total. The van der Waals surface area contributed by atoms with E-state index in [1.165, 1.54) is 24.0 Å². The van der Waals surface area contributed by atoms with Crippen molar-refractivity contribution in [2.75, 3.05) is 29.9 Å². The lowest BCUT2D eigenvalue weighted by molar-refractivity contribution is -0.145. The minimum atomic E-state index is -0.326. The van der Waals surface area contributed by atoms with E-state index in [1.807, 2.05) is 11.0 Å². The Labute approximate surface area is 181 Å². The second-order valence-corrected chi connectivity index (χ2v) is 8.42. The molecule has 0 spiro atoms. The van der Waals surface area contributed by atoms with Crippen LogP contribution in [0.15, 0.2) is 25.0 Å². The lowest BCUT2D eigenvalue weighted by Crippen LogP contribution is -2.52.